The van der Waals surface area contributed by atoms with Crippen LogP contribution in [0, 0.1) is 11.3 Å². The number of amides is 1. The first-order chi connectivity index (χ1) is 6.32. The molecular formula is C11H22N2O. The van der Waals surface area contributed by atoms with Gasteiger partial charge in [-0.3, -0.25) is 4.79 Å². The van der Waals surface area contributed by atoms with Gasteiger partial charge in [0.05, 0.1) is 0 Å². The molecule has 1 amide bonds. The van der Waals surface area contributed by atoms with E-state index in [9.17, 15) is 4.79 Å². The van der Waals surface area contributed by atoms with Gasteiger partial charge >= 0.3 is 0 Å². The minimum atomic E-state index is -0.263. The molecular weight excluding hydrogens is 176 g/mol. The topological polar surface area (TPSA) is 46.3 Å². The Morgan fingerprint density at radius 3 is 2.43 bits per heavy atom. The van der Waals surface area contributed by atoms with Crippen LogP contribution in [0.2, 0.25) is 0 Å². The second-order valence-corrected chi connectivity index (χ2v) is 5.43. The molecule has 1 heterocycles. The number of nitrogens with zero attached hydrogens (tertiary/aromatic N) is 1. The van der Waals surface area contributed by atoms with E-state index in [2.05, 4.69) is 6.92 Å². The van der Waals surface area contributed by atoms with Gasteiger partial charge in [0.2, 0.25) is 5.91 Å². The highest BCUT2D eigenvalue weighted by atomic mass is 16.2. The van der Waals surface area contributed by atoms with Gasteiger partial charge in [-0.15, -0.1) is 0 Å². The summed E-state index contributed by atoms with van der Waals surface area (Å²) in [7, 11) is 0. The monoisotopic (exact) mass is 198 g/mol. The van der Waals surface area contributed by atoms with Crippen molar-refractivity contribution in [3.8, 4) is 0 Å². The van der Waals surface area contributed by atoms with Gasteiger partial charge in [0.25, 0.3) is 0 Å². The molecule has 0 aromatic carbocycles. The Morgan fingerprint density at radius 2 is 2.00 bits per heavy atom. The molecule has 2 atom stereocenters. The molecule has 0 radical (unpaired) electrons. The van der Waals surface area contributed by atoms with E-state index in [-0.39, 0.29) is 17.4 Å². The van der Waals surface area contributed by atoms with Crippen molar-refractivity contribution >= 4 is 5.91 Å². The minimum absolute atomic E-state index is 0.247. The number of carbonyl (C=O) groups is 1. The highest BCUT2D eigenvalue weighted by molar-refractivity contribution is 5.81. The molecule has 3 heteroatoms. The molecule has 0 bridgehead atoms. The van der Waals surface area contributed by atoms with Crippen LogP contribution in [0.15, 0.2) is 0 Å². The summed E-state index contributed by atoms with van der Waals surface area (Å²) in [6.45, 7) is 9.66. The van der Waals surface area contributed by atoms with Gasteiger partial charge in [-0.25, -0.2) is 0 Å². The summed E-state index contributed by atoms with van der Waals surface area (Å²) in [5, 5.41) is 0. The normalized spacial score (nSPS) is 29.1. The molecule has 0 aromatic heterocycles. The number of piperidine rings is 1. The SMILES string of the molecule is CC1CN(C(=O)C(C)(C)C)CCC1N. The number of carbonyl (C=O) groups excluding carboxylic acids is 1. The largest absolute Gasteiger partial charge is 0.342 e. The third-order valence-electron chi connectivity index (χ3n) is 2.90. The maximum Gasteiger partial charge on any atom is 0.227 e. The van der Waals surface area contributed by atoms with E-state index in [1.807, 2.05) is 25.7 Å². The van der Waals surface area contributed by atoms with Gasteiger partial charge < -0.3 is 10.6 Å². The Bertz CT molecular complexity index is 220. The molecule has 2 unspecified atom stereocenters. The van der Waals surface area contributed by atoms with E-state index in [4.69, 9.17) is 5.73 Å². The molecule has 1 rings (SSSR count). The molecule has 1 fully saturated rings. The Balaban J connectivity index is 2.59. The van der Waals surface area contributed by atoms with E-state index in [1.165, 1.54) is 0 Å². The van der Waals surface area contributed by atoms with Crippen LogP contribution in [0.1, 0.15) is 34.1 Å². The van der Waals surface area contributed by atoms with Crippen LogP contribution in [-0.4, -0.2) is 29.9 Å². The lowest BCUT2D eigenvalue weighted by Gasteiger charge is -2.38. The third kappa shape index (κ3) is 2.47. The molecule has 1 aliphatic heterocycles. The smallest absolute Gasteiger partial charge is 0.227 e. The molecule has 1 saturated heterocycles. The van der Waals surface area contributed by atoms with Crippen LogP contribution >= 0.6 is 0 Å². The fourth-order valence-corrected chi connectivity index (χ4v) is 1.82. The van der Waals surface area contributed by atoms with Crippen molar-refractivity contribution in [2.45, 2.75) is 40.2 Å². The van der Waals surface area contributed by atoms with Gasteiger partial charge in [-0.05, 0) is 12.3 Å². The second-order valence-electron chi connectivity index (χ2n) is 5.43. The predicted molar refractivity (Wildman–Crippen MR) is 57.8 cm³/mol. The maximum absolute atomic E-state index is 12.0. The second kappa shape index (κ2) is 3.89. The van der Waals surface area contributed by atoms with Crippen molar-refractivity contribution in [1.29, 1.82) is 0 Å². The number of nitrogens with two attached hydrogens (primary N) is 1. The highest BCUT2D eigenvalue weighted by Crippen LogP contribution is 2.22. The third-order valence-corrected chi connectivity index (χ3v) is 2.90. The lowest BCUT2D eigenvalue weighted by atomic mass is 9.90. The quantitative estimate of drug-likeness (QED) is 0.636. The van der Waals surface area contributed by atoms with E-state index in [0.717, 1.165) is 19.5 Å². The van der Waals surface area contributed by atoms with Crippen molar-refractivity contribution < 1.29 is 4.79 Å². The summed E-state index contributed by atoms with van der Waals surface area (Å²) in [6.07, 6.45) is 0.934. The van der Waals surface area contributed by atoms with Gasteiger partial charge in [0, 0.05) is 24.5 Å². The van der Waals surface area contributed by atoms with E-state index in [0.29, 0.717) is 5.92 Å². The predicted octanol–water partition coefficient (Wildman–Crippen LogP) is 1.23. The Morgan fingerprint density at radius 1 is 1.43 bits per heavy atom. The zero-order chi connectivity index (χ0) is 10.9. The van der Waals surface area contributed by atoms with Crippen LogP contribution in [0.4, 0.5) is 0 Å². The van der Waals surface area contributed by atoms with Gasteiger partial charge in [0.15, 0.2) is 0 Å². The molecule has 0 aromatic rings. The molecule has 14 heavy (non-hydrogen) atoms. The van der Waals surface area contributed by atoms with Crippen LogP contribution in [-0.2, 0) is 4.79 Å². The summed E-state index contributed by atoms with van der Waals surface area (Å²) in [5.74, 6) is 0.673. The van der Waals surface area contributed by atoms with E-state index in [1.54, 1.807) is 0 Å². The summed E-state index contributed by atoms with van der Waals surface area (Å²) in [4.78, 5) is 13.9. The fourth-order valence-electron chi connectivity index (χ4n) is 1.82. The lowest BCUT2D eigenvalue weighted by Crippen LogP contribution is -2.51. The van der Waals surface area contributed by atoms with Gasteiger partial charge in [-0.2, -0.15) is 0 Å². The number of likely N-dealkylation sites (tertiary alicyclic amines) is 1. The Hall–Kier alpha value is -0.570. The van der Waals surface area contributed by atoms with E-state index < -0.39 is 0 Å². The maximum atomic E-state index is 12.0. The molecule has 0 saturated carbocycles. The minimum Gasteiger partial charge on any atom is -0.342 e. The van der Waals surface area contributed by atoms with Crippen LogP contribution < -0.4 is 5.73 Å². The van der Waals surface area contributed by atoms with Crippen molar-refractivity contribution in [2.75, 3.05) is 13.1 Å². The molecule has 82 valence electrons. The van der Waals surface area contributed by atoms with Crippen molar-refractivity contribution in [3.05, 3.63) is 0 Å². The van der Waals surface area contributed by atoms with E-state index >= 15 is 0 Å². The lowest BCUT2D eigenvalue weighted by molar-refractivity contribution is -0.141. The number of hydrogen-bond acceptors (Lipinski definition) is 2. The summed E-state index contributed by atoms with van der Waals surface area (Å²) in [5.41, 5.74) is 5.65. The first kappa shape index (κ1) is 11.5. The molecule has 3 nitrogen and oxygen atoms in total. The zero-order valence-electron chi connectivity index (χ0n) is 9.71. The molecule has 0 spiro atoms. The van der Waals surface area contributed by atoms with Crippen LogP contribution in [0.3, 0.4) is 0 Å². The van der Waals surface area contributed by atoms with Crippen molar-refractivity contribution in [1.82, 2.24) is 4.90 Å². The van der Waals surface area contributed by atoms with Crippen LogP contribution in [0.25, 0.3) is 0 Å². The van der Waals surface area contributed by atoms with Gasteiger partial charge in [0.1, 0.15) is 0 Å². The van der Waals surface area contributed by atoms with Gasteiger partial charge in [-0.1, -0.05) is 27.7 Å². The Labute approximate surface area is 86.6 Å². The van der Waals surface area contributed by atoms with Crippen molar-refractivity contribution in [2.24, 2.45) is 17.1 Å². The van der Waals surface area contributed by atoms with Crippen LogP contribution in [0.5, 0.6) is 0 Å². The summed E-state index contributed by atoms with van der Waals surface area (Å²) >= 11 is 0. The standard InChI is InChI=1S/C11H22N2O/c1-8-7-13(6-5-9(8)12)10(14)11(2,3)4/h8-9H,5-7,12H2,1-4H3. The molecule has 1 aliphatic rings. The average molecular weight is 198 g/mol. The first-order valence-corrected chi connectivity index (χ1v) is 5.37. The average Bonchev–Trinajstić information content (AvgIpc) is 2.07. The Kier molecular flexibility index (Phi) is 3.20. The molecule has 0 aliphatic carbocycles. The first-order valence-electron chi connectivity index (χ1n) is 5.37. The van der Waals surface area contributed by atoms with Crippen molar-refractivity contribution in [3.63, 3.8) is 0 Å². The summed E-state index contributed by atoms with van der Waals surface area (Å²) in [6, 6.07) is 0.263. The highest BCUT2D eigenvalue weighted by Gasteiger charge is 2.32. The number of rotatable bonds is 0. The summed E-state index contributed by atoms with van der Waals surface area (Å²) < 4.78 is 0. The molecule has 2 N–H and O–H groups in total. The zero-order valence-corrected chi connectivity index (χ0v) is 9.71. The fraction of sp³-hybridized carbons (Fsp3) is 0.909. The number of hydrogen-bond donors (Lipinski definition) is 1.